The van der Waals surface area contributed by atoms with Crippen LogP contribution >= 0.6 is 22.9 Å². The molecule has 1 aromatic carbocycles. The number of benzene rings is 1. The van der Waals surface area contributed by atoms with Gasteiger partial charge in [0, 0.05) is 36.0 Å². The first-order chi connectivity index (χ1) is 15.9. The molecule has 1 atom stereocenters. The van der Waals surface area contributed by atoms with Crippen LogP contribution < -0.4 is 0 Å². The highest BCUT2D eigenvalue weighted by Crippen LogP contribution is 2.32. The molecule has 0 N–H and O–H groups in total. The number of carbonyl (C=O) groups is 1. The SMILES string of the molecule is O=C(CCc1ccnc(-c2cc(Cl)cs2)c1)[C@@H]1CCCN1S(=O)(=O)c1cc2ccccc2o1. The number of furan rings is 1. The third-order valence-electron chi connectivity index (χ3n) is 5.85. The second-order valence-electron chi connectivity index (χ2n) is 8.02. The Morgan fingerprint density at radius 3 is 2.85 bits per heavy atom. The molecule has 0 bridgehead atoms. The maximum Gasteiger partial charge on any atom is 0.277 e. The van der Waals surface area contributed by atoms with Crippen LogP contribution in [0.3, 0.4) is 0 Å². The average Bonchev–Trinajstić information content (AvgIpc) is 3.56. The van der Waals surface area contributed by atoms with Gasteiger partial charge in [-0.2, -0.15) is 4.31 Å². The zero-order valence-corrected chi connectivity index (χ0v) is 20.0. The third-order valence-corrected chi connectivity index (χ3v) is 8.91. The highest BCUT2D eigenvalue weighted by Gasteiger charge is 2.40. The van der Waals surface area contributed by atoms with Crippen LogP contribution in [0, 0.1) is 0 Å². The van der Waals surface area contributed by atoms with E-state index >= 15 is 0 Å². The summed E-state index contributed by atoms with van der Waals surface area (Å²) in [6, 6.07) is 13.7. The van der Waals surface area contributed by atoms with Gasteiger partial charge in [0.25, 0.3) is 10.0 Å². The summed E-state index contributed by atoms with van der Waals surface area (Å²) < 4.78 is 33.4. The van der Waals surface area contributed by atoms with Gasteiger partial charge in [-0.3, -0.25) is 9.78 Å². The first kappa shape index (κ1) is 22.3. The average molecular weight is 501 g/mol. The Morgan fingerprint density at radius 2 is 2.06 bits per heavy atom. The van der Waals surface area contributed by atoms with E-state index in [1.165, 1.54) is 21.7 Å². The van der Waals surface area contributed by atoms with Crippen molar-refractivity contribution in [1.82, 2.24) is 9.29 Å². The number of aryl methyl sites for hydroxylation is 1. The molecular weight excluding hydrogens is 480 g/mol. The Bertz CT molecular complexity index is 1390. The van der Waals surface area contributed by atoms with Crippen LogP contribution in [0.2, 0.25) is 5.02 Å². The maximum atomic E-state index is 13.3. The van der Waals surface area contributed by atoms with E-state index in [1.54, 1.807) is 24.4 Å². The molecule has 3 aromatic heterocycles. The molecule has 5 rings (SSSR count). The van der Waals surface area contributed by atoms with Crippen molar-refractivity contribution in [2.75, 3.05) is 6.54 Å². The van der Waals surface area contributed by atoms with Gasteiger partial charge in [-0.25, -0.2) is 8.42 Å². The molecule has 1 aliphatic rings. The van der Waals surface area contributed by atoms with Crippen molar-refractivity contribution in [3.8, 4) is 10.6 Å². The van der Waals surface area contributed by atoms with E-state index in [-0.39, 0.29) is 17.3 Å². The zero-order chi connectivity index (χ0) is 23.0. The fourth-order valence-corrected chi connectivity index (χ4v) is 6.87. The third kappa shape index (κ3) is 4.48. The van der Waals surface area contributed by atoms with Crippen molar-refractivity contribution >= 4 is 49.7 Å². The fourth-order valence-electron chi connectivity index (χ4n) is 4.20. The lowest BCUT2D eigenvalue weighted by Gasteiger charge is -2.21. The molecular formula is C24H21ClN2O4S2. The van der Waals surface area contributed by atoms with Crippen LogP contribution in [0.4, 0.5) is 0 Å². The lowest BCUT2D eigenvalue weighted by atomic mass is 10.0. The lowest BCUT2D eigenvalue weighted by Crippen LogP contribution is -2.40. The predicted octanol–water partition coefficient (Wildman–Crippen LogP) is 5.56. The van der Waals surface area contributed by atoms with E-state index in [1.807, 2.05) is 29.6 Å². The number of para-hydroxylation sites is 1. The Morgan fingerprint density at radius 1 is 1.21 bits per heavy atom. The zero-order valence-electron chi connectivity index (χ0n) is 17.6. The lowest BCUT2D eigenvalue weighted by molar-refractivity contribution is -0.122. The molecule has 0 amide bonds. The van der Waals surface area contributed by atoms with E-state index in [0.717, 1.165) is 21.5 Å². The number of ketones is 1. The first-order valence-electron chi connectivity index (χ1n) is 10.6. The van der Waals surface area contributed by atoms with Gasteiger partial charge >= 0.3 is 0 Å². The van der Waals surface area contributed by atoms with Crippen LogP contribution in [0.25, 0.3) is 21.5 Å². The number of hydrogen-bond acceptors (Lipinski definition) is 6. The van der Waals surface area contributed by atoms with Crippen molar-refractivity contribution in [1.29, 1.82) is 0 Å². The van der Waals surface area contributed by atoms with Crippen LogP contribution in [0.15, 0.2) is 69.6 Å². The van der Waals surface area contributed by atoms with Crippen molar-refractivity contribution in [2.24, 2.45) is 0 Å². The highest BCUT2D eigenvalue weighted by molar-refractivity contribution is 7.89. The Labute approximate surface area is 200 Å². The molecule has 1 fully saturated rings. The van der Waals surface area contributed by atoms with Gasteiger partial charge in [0.1, 0.15) is 5.58 Å². The van der Waals surface area contributed by atoms with Gasteiger partial charge in [0.05, 0.1) is 21.6 Å². The molecule has 0 unspecified atom stereocenters. The smallest absolute Gasteiger partial charge is 0.277 e. The molecule has 1 saturated heterocycles. The number of thiophene rings is 1. The van der Waals surface area contributed by atoms with E-state index in [9.17, 15) is 13.2 Å². The summed E-state index contributed by atoms with van der Waals surface area (Å²) in [5.41, 5.74) is 2.30. The standard InChI is InChI=1S/C24H21ClN2O4S2/c25-18-14-23(32-15-18)19-12-16(9-10-26-19)7-8-21(28)20-5-3-11-27(20)33(29,30)24-13-17-4-1-2-6-22(17)31-24/h1-2,4,6,9-10,12-15,20H,3,5,7-8,11H2/t20-/m0/s1. The second kappa shape index (κ2) is 9.02. The van der Waals surface area contributed by atoms with E-state index in [0.29, 0.717) is 36.4 Å². The first-order valence-corrected chi connectivity index (χ1v) is 13.3. The summed E-state index contributed by atoms with van der Waals surface area (Å²) in [7, 11) is -3.89. The number of aromatic nitrogens is 1. The number of nitrogens with zero attached hydrogens (tertiary/aromatic N) is 2. The fraction of sp³-hybridized carbons (Fsp3) is 0.250. The molecule has 0 aliphatic carbocycles. The summed E-state index contributed by atoms with van der Waals surface area (Å²) in [4.78, 5) is 18.4. The number of rotatable bonds is 7. The Kier molecular flexibility index (Phi) is 6.09. The molecule has 4 aromatic rings. The van der Waals surface area contributed by atoms with Crippen LogP contribution in [0.1, 0.15) is 24.8 Å². The highest BCUT2D eigenvalue weighted by atomic mass is 35.5. The van der Waals surface area contributed by atoms with E-state index < -0.39 is 16.1 Å². The molecule has 4 heterocycles. The molecule has 6 nitrogen and oxygen atoms in total. The number of Topliss-reactive ketones (excluding diaryl/α,β-unsaturated/α-hetero) is 1. The molecule has 0 saturated carbocycles. The number of sulfonamides is 1. The second-order valence-corrected chi connectivity index (χ2v) is 11.2. The van der Waals surface area contributed by atoms with Gasteiger partial charge in [-0.15, -0.1) is 11.3 Å². The molecule has 9 heteroatoms. The van der Waals surface area contributed by atoms with Gasteiger partial charge in [-0.05, 0) is 49.1 Å². The maximum absolute atomic E-state index is 13.3. The van der Waals surface area contributed by atoms with E-state index in [2.05, 4.69) is 4.98 Å². The number of pyridine rings is 1. The Hall–Kier alpha value is -2.52. The number of hydrogen-bond donors (Lipinski definition) is 0. The van der Waals surface area contributed by atoms with Crippen LogP contribution in [-0.2, 0) is 21.2 Å². The van der Waals surface area contributed by atoms with Gasteiger partial charge in [0.15, 0.2) is 5.78 Å². The largest absolute Gasteiger partial charge is 0.443 e. The minimum Gasteiger partial charge on any atom is -0.443 e. The van der Waals surface area contributed by atoms with Crippen molar-refractivity contribution in [2.45, 2.75) is 36.8 Å². The minimum atomic E-state index is -3.89. The number of carbonyl (C=O) groups excluding carboxylic acids is 1. The predicted molar refractivity (Wildman–Crippen MR) is 129 cm³/mol. The van der Waals surface area contributed by atoms with Gasteiger partial charge in [0.2, 0.25) is 5.09 Å². The van der Waals surface area contributed by atoms with Crippen LogP contribution in [0.5, 0.6) is 0 Å². The quantitative estimate of drug-likeness (QED) is 0.331. The monoisotopic (exact) mass is 500 g/mol. The van der Waals surface area contributed by atoms with E-state index in [4.69, 9.17) is 16.0 Å². The summed E-state index contributed by atoms with van der Waals surface area (Å²) in [5.74, 6) is -0.0790. The molecule has 1 aliphatic heterocycles. The summed E-state index contributed by atoms with van der Waals surface area (Å²) >= 11 is 7.54. The molecule has 0 spiro atoms. The topological polar surface area (TPSA) is 80.5 Å². The van der Waals surface area contributed by atoms with Crippen molar-refractivity contribution in [3.05, 3.63) is 70.7 Å². The Balaban J connectivity index is 1.30. The normalized spacial score (nSPS) is 17.1. The van der Waals surface area contributed by atoms with Crippen molar-refractivity contribution in [3.63, 3.8) is 0 Å². The molecule has 0 radical (unpaired) electrons. The molecule has 33 heavy (non-hydrogen) atoms. The minimum absolute atomic E-state index is 0.0790. The van der Waals surface area contributed by atoms with Crippen molar-refractivity contribution < 1.29 is 17.6 Å². The number of fused-ring (bicyclic) bond motifs is 1. The van der Waals surface area contributed by atoms with Crippen LogP contribution in [-0.4, -0.2) is 36.1 Å². The summed E-state index contributed by atoms with van der Waals surface area (Å²) in [6.45, 7) is 0.314. The van der Waals surface area contributed by atoms with Gasteiger partial charge in [-0.1, -0.05) is 29.8 Å². The summed E-state index contributed by atoms with van der Waals surface area (Å²) in [5, 5.41) is 3.13. The number of halogens is 1. The van der Waals surface area contributed by atoms with Gasteiger partial charge < -0.3 is 4.42 Å². The summed E-state index contributed by atoms with van der Waals surface area (Å²) in [6.07, 6.45) is 3.66. The molecule has 170 valence electrons.